The van der Waals surface area contributed by atoms with Crippen molar-refractivity contribution >= 4 is 23.0 Å². The molecule has 0 aliphatic carbocycles. The zero-order valence-electron chi connectivity index (χ0n) is 11.6. The van der Waals surface area contributed by atoms with Gasteiger partial charge in [-0.2, -0.15) is 0 Å². The smallest absolute Gasteiger partial charge is 0.337 e. The summed E-state index contributed by atoms with van der Waals surface area (Å²) in [6, 6.07) is 4.69. The quantitative estimate of drug-likeness (QED) is 0.783. The third-order valence-corrected chi connectivity index (χ3v) is 3.11. The number of ether oxygens (including phenoxy) is 1. The molecule has 1 aromatic heterocycles. The molecule has 0 amide bonds. The van der Waals surface area contributed by atoms with Gasteiger partial charge in [0.05, 0.1) is 23.2 Å². The zero-order valence-corrected chi connectivity index (χ0v) is 11.6. The number of hydrogen-bond acceptors (Lipinski definition) is 4. The van der Waals surface area contributed by atoms with E-state index < -0.39 is 5.97 Å². The van der Waals surface area contributed by atoms with Crippen LogP contribution in [0.3, 0.4) is 0 Å². The summed E-state index contributed by atoms with van der Waals surface area (Å²) in [7, 11) is 0. The van der Waals surface area contributed by atoms with Crippen LogP contribution in [0.1, 0.15) is 30.1 Å². The molecule has 0 unspecified atom stereocenters. The number of carboxylic acids is 1. The van der Waals surface area contributed by atoms with Gasteiger partial charge >= 0.3 is 17.6 Å². The maximum absolute atomic E-state index is 11.9. The molecule has 0 atom stereocenters. The highest BCUT2D eigenvalue weighted by molar-refractivity contribution is 6.00. The second-order valence-corrected chi connectivity index (χ2v) is 4.50. The molecule has 0 aliphatic heterocycles. The van der Waals surface area contributed by atoms with E-state index in [2.05, 4.69) is 4.98 Å². The molecule has 21 heavy (non-hydrogen) atoms. The average molecular weight is 292 g/mol. The number of H-pyrrole nitrogens is 1. The van der Waals surface area contributed by atoms with E-state index in [1.807, 2.05) is 0 Å². The van der Waals surface area contributed by atoms with Crippen molar-refractivity contribution in [1.82, 2.24) is 9.55 Å². The van der Waals surface area contributed by atoms with E-state index in [1.165, 1.54) is 10.6 Å². The van der Waals surface area contributed by atoms with Crippen molar-refractivity contribution in [2.24, 2.45) is 0 Å². The Morgan fingerprint density at radius 3 is 2.81 bits per heavy atom. The molecule has 1 aromatic carbocycles. The number of hydrogen-bond donors (Lipinski definition) is 2. The third-order valence-electron chi connectivity index (χ3n) is 3.11. The molecule has 0 saturated heterocycles. The molecule has 7 heteroatoms. The first-order chi connectivity index (χ1) is 10.0. The van der Waals surface area contributed by atoms with Gasteiger partial charge in [0.15, 0.2) is 0 Å². The van der Waals surface area contributed by atoms with Gasteiger partial charge in [0.1, 0.15) is 0 Å². The van der Waals surface area contributed by atoms with Gasteiger partial charge in [-0.1, -0.05) is 6.07 Å². The number of para-hydroxylation sites is 1. The van der Waals surface area contributed by atoms with E-state index in [0.717, 1.165) is 0 Å². The lowest BCUT2D eigenvalue weighted by molar-refractivity contribution is -0.143. The highest BCUT2D eigenvalue weighted by Gasteiger charge is 2.14. The van der Waals surface area contributed by atoms with Gasteiger partial charge in [-0.3, -0.25) is 9.36 Å². The van der Waals surface area contributed by atoms with Crippen molar-refractivity contribution in [3.8, 4) is 0 Å². The molecular weight excluding hydrogens is 276 g/mol. The van der Waals surface area contributed by atoms with Crippen LogP contribution >= 0.6 is 0 Å². The van der Waals surface area contributed by atoms with E-state index in [4.69, 9.17) is 9.84 Å². The van der Waals surface area contributed by atoms with Gasteiger partial charge in [0.2, 0.25) is 0 Å². The number of benzene rings is 1. The van der Waals surface area contributed by atoms with Crippen LogP contribution in [0, 0.1) is 0 Å². The van der Waals surface area contributed by atoms with Crippen molar-refractivity contribution in [1.29, 1.82) is 0 Å². The summed E-state index contributed by atoms with van der Waals surface area (Å²) in [5.41, 5.74) is 0.478. The molecule has 2 N–H and O–H groups in total. The fourth-order valence-corrected chi connectivity index (χ4v) is 2.20. The molecule has 0 radical (unpaired) electrons. The number of aromatic carboxylic acids is 1. The van der Waals surface area contributed by atoms with Gasteiger partial charge in [0, 0.05) is 13.0 Å². The Morgan fingerprint density at radius 1 is 1.38 bits per heavy atom. The number of aromatic nitrogens is 2. The lowest BCUT2D eigenvalue weighted by Gasteiger charge is -2.04. The van der Waals surface area contributed by atoms with Gasteiger partial charge in [-0.15, -0.1) is 0 Å². The summed E-state index contributed by atoms with van der Waals surface area (Å²) < 4.78 is 6.25. The fraction of sp³-hybridized carbons (Fsp3) is 0.357. The zero-order chi connectivity index (χ0) is 15.4. The number of nitrogens with zero attached hydrogens (tertiary/aromatic N) is 1. The number of rotatable bonds is 6. The second-order valence-electron chi connectivity index (χ2n) is 4.50. The van der Waals surface area contributed by atoms with E-state index in [9.17, 15) is 14.4 Å². The maximum Gasteiger partial charge on any atom is 0.337 e. The molecule has 0 aliphatic rings. The number of carbonyl (C=O) groups is 2. The number of carbonyl (C=O) groups excluding carboxylic acids is 1. The predicted molar refractivity (Wildman–Crippen MR) is 75.4 cm³/mol. The average Bonchev–Trinajstić information content (AvgIpc) is 2.75. The van der Waals surface area contributed by atoms with Gasteiger partial charge in [0.25, 0.3) is 0 Å². The summed E-state index contributed by atoms with van der Waals surface area (Å²) in [5, 5.41) is 9.10. The van der Waals surface area contributed by atoms with E-state index in [0.29, 0.717) is 30.6 Å². The number of aryl methyl sites for hydroxylation is 1. The van der Waals surface area contributed by atoms with Crippen LogP contribution in [0.15, 0.2) is 23.0 Å². The number of fused-ring (bicyclic) bond motifs is 1. The minimum atomic E-state index is -1.10. The standard InChI is InChI=1S/C14H16N2O5/c1-2-21-11(17)7-4-8-16-10-6-3-5-9(13(18)19)12(10)15-14(16)20/h3,5-6H,2,4,7-8H2,1H3,(H,15,20)(H,18,19). The fourth-order valence-electron chi connectivity index (χ4n) is 2.20. The number of nitrogens with one attached hydrogen (secondary N) is 1. The second kappa shape index (κ2) is 6.25. The van der Waals surface area contributed by atoms with Gasteiger partial charge in [-0.25, -0.2) is 9.59 Å². The molecule has 2 aromatic rings. The summed E-state index contributed by atoms with van der Waals surface area (Å²) in [6.07, 6.45) is 0.661. The van der Waals surface area contributed by atoms with Gasteiger partial charge < -0.3 is 14.8 Å². The Balaban J connectivity index is 2.23. The Hall–Kier alpha value is -2.57. The normalized spacial score (nSPS) is 10.7. The first kappa shape index (κ1) is 14.8. The highest BCUT2D eigenvalue weighted by atomic mass is 16.5. The van der Waals surface area contributed by atoms with E-state index >= 15 is 0 Å². The van der Waals surface area contributed by atoms with Gasteiger partial charge in [-0.05, 0) is 25.5 Å². The van der Waals surface area contributed by atoms with Crippen LogP contribution in [0.2, 0.25) is 0 Å². The predicted octanol–water partition coefficient (Wildman–Crippen LogP) is 1.37. The van der Waals surface area contributed by atoms with Crippen LogP contribution in [0.5, 0.6) is 0 Å². The van der Waals surface area contributed by atoms with E-state index in [-0.39, 0.29) is 23.6 Å². The molecule has 2 rings (SSSR count). The summed E-state index contributed by atoms with van der Waals surface area (Å²) in [6.45, 7) is 2.38. The lowest BCUT2D eigenvalue weighted by Crippen LogP contribution is -2.17. The van der Waals surface area contributed by atoms with Crippen molar-refractivity contribution in [3.63, 3.8) is 0 Å². The van der Waals surface area contributed by atoms with Crippen LogP contribution in [0.25, 0.3) is 11.0 Å². The van der Waals surface area contributed by atoms with Crippen LogP contribution < -0.4 is 5.69 Å². The Labute approximate surface area is 120 Å². The minimum absolute atomic E-state index is 0.0498. The molecule has 0 spiro atoms. The van der Waals surface area contributed by atoms with E-state index in [1.54, 1.807) is 19.1 Å². The monoisotopic (exact) mass is 292 g/mol. The number of esters is 1. The minimum Gasteiger partial charge on any atom is -0.478 e. The number of aromatic amines is 1. The SMILES string of the molecule is CCOC(=O)CCCn1c(=O)[nH]c2c(C(=O)O)cccc21. The van der Waals surface area contributed by atoms with Crippen molar-refractivity contribution in [2.75, 3.05) is 6.61 Å². The molecule has 0 fully saturated rings. The third kappa shape index (κ3) is 3.13. The first-order valence-electron chi connectivity index (χ1n) is 6.65. The number of imidazole rings is 1. The first-order valence-corrected chi connectivity index (χ1v) is 6.65. The highest BCUT2D eigenvalue weighted by Crippen LogP contribution is 2.16. The summed E-state index contributed by atoms with van der Waals surface area (Å²) >= 11 is 0. The van der Waals surface area contributed by atoms with Crippen LogP contribution in [0.4, 0.5) is 0 Å². The molecule has 0 bridgehead atoms. The Morgan fingerprint density at radius 2 is 2.14 bits per heavy atom. The topological polar surface area (TPSA) is 101 Å². The molecular formula is C14H16N2O5. The van der Waals surface area contributed by atoms with Crippen LogP contribution in [-0.2, 0) is 16.1 Å². The summed E-state index contributed by atoms with van der Waals surface area (Å²) in [4.78, 5) is 36.9. The molecule has 1 heterocycles. The lowest BCUT2D eigenvalue weighted by atomic mass is 10.2. The van der Waals surface area contributed by atoms with Crippen molar-refractivity contribution < 1.29 is 19.4 Å². The maximum atomic E-state index is 11.9. The van der Waals surface area contributed by atoms with Crippen molar-refractivity contribution in [3.05, 3.63) is 34.2 Å². The number of carboxylic acid groups (broad SMARTS) is 1. The Kier molecular flexibility index (Phi) is 4.42. The molecule has 7 nitrogen and oxygen atoms in total. The van der Waals surface area contributed by atoms with Crippen molar-refractivity contribution in [2.45, 2.75) is 26.3 Å². The van der Waals surface area contributed by atoms with Crippen LogP contribution in [-0.4, -0.2) is 33.2 Å². The molecule has 112 valence electrons. The largest absolute Gasteiger partial charge is 0.478 e. The summed E-state index contributed by atoms with van der Waals surface area (Å²) in [5.74, 6) is -1.41. The Bertz CT molecular complexity index is 729. The molecule has 0 saturated carbocycles.